The number of rotatable bonds is 9. The van der Waals surface area contributed by atoms with Gasteiger partial charge in [0, 0.05) is 17.6 Å². The van der Waals surface area contributed by atoms with E-state index in [0.29, 0.717) is 10.8 Å². The molecule has 0 heterocycles. The summed E-state index contributed by atoms with van der Waals surface area (Å²) in [7, 11) is 0. The summed E-state index contributed by atoms with van der Waals surface area (Å²) in [6.45, 7) is 12.3. The van der Waals surface area contributed by atoms with Crippen LogP contribution in [0.3, 0.4) is 0 Å². The molecule has 2 aromatic carbocycles. The fourth-order valence-corrected chi connectivity index (χ4v) is 3.24. The van der Waals surface area contributed by atoms with E-state index in [1.54, 1.807) is 24.0 Å². The van der Waals surface area contributed by atoms with Gasteiger partial charge in [0.15, 0.2) is 6.61 Å². The number of hydrogen-bond donors (Lipinski definition) is 1. The van der Waals surface area contributed by atoms with Crippen LogP contribution >= 0.6 is 11.6 Å². The summed E-state index contributed by atoms with van der Waals surface area (Å²) < 4.78 is 5.76. The van der Waals surface area contributed by atoms with Crippen molar-refractivity contribution in [1.82, 2.24) is 10.2 Å². The number of carbonyl (C=O) groups excluding carboxylic acids is 2. The quantitative estimate of drug-likeness (QED) is 0.551. The zero-order chi connectivity index (χ0) is 23.9. The summed E-state index contributed by atoms with van der Waals surface area (Å²) in [5.74, 6) is 0.178. The number of ether oxygens (including phenoxy) is 1. The van der Waals surface area contributed by atoms with Crippen molar-refractivity contribution in [2.24, 2.45) is 0 Å². The van der Waals surface area contributed by atoms with Crippen LogP contribution in [0, 0.1) is 0 Å². The van der Waals surface area contributed by atoms with Crippen molar-refractivity contribution in [3.63, 3.8) is 0 Å². The Balaban J connectivity index is 2.13. The smallest absolute Gasteiger partial charge is 0.261 e. The van der Waals surface area contributed by atoms with Crippen molar-refractivity contribution in [2.75, 3.05) is 6.61 Å². The maximum absolute atomic E-state index is 13.1. The summed E-state index contributed by atoms with van der Waals surface area (Å²) in [5, 5.41) is 3.58. The number of carbonyl (C=O) groups is 2. The highest BCUT2D eigenvalue weighted by atomic mass is 35.5. The Hall–Kier alpha value is -2.53. The lowest BCUT2D eigenvalue weighted by molar-refractivity contribution is -0.142. The van der Waals surface area contributed by atoms with E-state index in [-0.39, 0.29) is 36.4 Å². The topological polar surface area (TPSA) is 58.6 Å². The van der Waals surface area contributed by atoms with Gasteiger partial charge in [0.05, 0.1) is 0 Å². The Labute approximate surface area is 197 Å². The van der Waals surface area contributed by atoms with E-state index in [0.717, 1.165) is 12.0 Å². The van der Waals surface area contributed by atoms with Crippen molar-refractivity contribution in [3.05, 3.63) is 64.7 Å². The van der Waals surface area contributed by atoms with Crippen molar-refractivity contribution in [2.45, 2.75) is 72.0 Å². The third-order valence-electron chi connectivity index (χ3n) is 5.52. The van der Waals surface area contributed by atoms with Gasteiger partial charge in [0.1, 0.15) is 11.8 Å². The third kappa shape index (κ3) is 7.56. The van der Waals surface area contributed by atoms with Gasteiger partial charge in [-0.25, -0.2) is 0 Å². The van der Waals surface area contributed by atoms with Gasteiger partial charge in [-0.2, -0.15) is 0 Å². The first kappa shape index (κ1) is 25.7. The Morgan fingerprint density at radius 3 is 2.16 bits per heavy atom. The van der Waals surface area contributed by atoms with Gasteiger partial charge >= 0.3 is 0 Å². The predicted molar refractivity (Wildman–Crippen MR) is 130 cm³/mol. The van der Waals surface area contributed by atoms with Crippen LogP contribution < -0.4 is 10.1 Å². The van der Waals surface area contributed by atoms with E-state index < -0.39 is 6.04 Å². The second kappa shape index (κ2) is 11.4. The molecule has 6 heteroatoms. The molecule has 32 heavy (non-hydrogen) atoms. The molecule has 2 aromatic rings. The Kier molecular flexibility index (Phi) is 9.14. The highest BCUT2D eigenvalue weighted by Gasteiger charge is 2.27. The zero-order valence-electron chi connectivity index (χ0n) is 19.9. The van der Waals surface area contributed by atoms with E-state index in [2.05, 4.69) is 26.1 Å². The van der Waals surface area contributed by atoms with Gasteiger partial charge in [-0.15, -0.1) is 0 Å². The summed E-state index contributed by atoms with van der Waals surface area (Å²) in [4.78, 5) is 27.4. The van der Waals surface area contributed by atoms with Crippen molar-refractivity contribution in [1.29, 1.82) is 0 Å². The van der Waals surface area contributed by atoms with Crippen molar-refractivity contribution < 1.29 is 14.3 Å². The first-order valence-corrected chi connectivity index (χ1v) is 11.5. The molecule has 0 bridgehead atoms. The second-order valence-corrected chi connectivity index (χ2v) is 9.64. The van der Waals surface area contributed by atoms with Crippen LogP contribution in [-0.4, -0.2) is 35.4 Å². The minimum absolute atomic E-state index is 0.0371. The maximum atomic E-state index is 13.1. The highest BCUT2D eigenvalue weighted by molar-refractivity contribution is 6.30. The van der Waals surface area contributed by atoms with Crippen LogP contribution in [0.1, 0.15) is 59.1 Å². The predicted octanol–water partition coefficient (Wildman–Crippen LogP) is 5.35. The fraction of sp³-hybridized carbons (Fsp3) is 0.462. The fourth-order valence-electron chi connectivity index (χ4n) is 3.11. The molecule has 0 aromatic heterocycles. The van der Waals surface area contributed by atoms with Gasteiger partial charge in [0.2, 0.25) is 5.91 Å². The molecule has 2 rings (SSSR count). The average Bonchev–Trinajstić information content (AvgIpc) is 2.76. The van der Waals surface area contributed by atoms with Crippen LogP contribution in [0.25, 0.3) is 0 Å². The maximum Gasteiger partial charge on any atom is 0.261 e. The van der Waals surface area contributed by atoms with Crippen LogP contribution in [-0.2, 0) is 21.5 Å². The normalized spacial score (nSPS) is 13.2. The van der Waals surface area contributed by atoms with Crippen LogP contribution in [0.2, 0.25) is 5.02 Å². The van der Waals surface area contributed by atoms with Gasteiger partial charge < -0.3 is 15.0 Å². The van der Waals surface area contributed by atoms with Crippen molar-refractivity contribution >= 4 is 23.4 Å². The molecule has 5 nitrogen and oxygen atoms in total. The highest BCUT2D eigenvalue weighted by Crippen LogP contribution is 2.24. The van der Waals surface area contributed by atoms with Gasteiger partial charge in [-0.05, 0) is 61.1 Å². The van der Waals surface area contributed by atoms with E-state index in [9.17, 15) is 9.59 Å². The lowest BCUT2D eigenvalue weighted by atomic mass is 9.87. The number of amides is 2. The molecule has 1 N–H and O–H groups in total. The van der Waals surface area contributed by atoms with Crippen LogP contribution in [0.4, 0.5) is 0 Å². The number of nitrogens with one attached hydrogen (secondary N) is 1. The molecule has 0 aliphatic rings. The molecule has 2 atom stereocenters. The lowest BCUT2D eigenvalue weighted by Crippen LogP contribution is -2.50. The van der Waals surface area contributed by atoms with Gasteiger partial charge in [-0.1, -0.05) is 63.6 Å². The molecule has 0 spiro atoms. The van der Waals surface area contributed by atoms with Crippen molar-refractivity contribution in [3.8, 4) is 5.75 Å². The summed E-state index contributed by atoms with van der Waals surface area (Å²) >= 11 is 5.99. The number of halogens is 1. The molecule has 0 saturated heterocycles. The van der Waals surface area contributed by atoms with Crippen LogP contribution in [0.15, 0.2) is 48.5 Å². The first-order valence-electron chi connectivity index (χ1n) is 11.1. The molecule has 0 aliphatic heterocycles. The van der Waals surface area contributed by atoms with E-state index >= 15 is 0 Å². The van der Waals surface area contributed by atoms with E-state index in [1.807, 2.05) is 50.2 Å². The molecule has 0 fully saturated rings. The summed E-state index contributed by atoms with van der Waals surface area (Å²) in [5.41, 5.74) is 2.12. The standard InChI is InChI=1S/C26H35ClN2O3/c1-7-18(2)28-25(31)19(3)29(16-20-8-12-22(27)13-9-20)24(30)17-32-23-14-10-21(11-15-23)26(4,5)6/h8-15,18-19H,7,16-17H2,1-6H3,(H,28,31)/t18-,19+/m0/s1. The largest absolute Gasteiger partial charge is 0.484 e. The Morgan fingerprint density at radius 1 is 1.03 bits per heavy atom. The molecular formula is C26H35ClN2O3. The van der Waals surface area contributed by atoms with E-state index in [1.165, 1.54) is 5.56 Å². The molecule has 0 radical (unpaired) electrons. The van der Waals surface area contributed by atoms with Gasteiger partial charge in [0.25, 0.3) is 5.91 Å². The third-order valence-corrected chi connectivity index (χ3v) is 5.77. The van der Waals surface area contributed by atoms with Gasteiger partial charge in [-0.3, -0.25) is 9.59 Å². The second-order valence-electron chi connectivity index (χ2n) is 9.21. The molecule has 2 amide bonds. The molecular weight excluding hydrogens is 424 g/mol. The van der Waals surface area contributed by atoms with Crippen LogP contribution in [0.5, 0.6) is 5.75 Å². The number of benzene rings is 2. The summed E-state index contributed by atoms with van der Waals surface area (Å²) in [6.07, 6.45) is 0.817. The zero-order valence-corrected chi connectivity index (χ0v) is 20.7. The minimum Gasteiger partial charge on any atom is -0.484 e. The monoisotopic (exact) mass is 458 g/mol. The molecule has 0 saturated carbocycles. The lowest BCUT2D eigenvalue weighted by Gasteiger charge is -2.29. The number of nitrogens with zero attached hydrogens (tertiary/aromatic N) is 1. The average molecular weight is 459 g/mol. The summed E-state index contributed by atoms with van der Waals surface area (Å²) in [6, 6.07) is 14.4. The SMILES string of the molecule is CC[C@H](C)NC(=O)[C@@H](C)N(Cc1ccc(Cl)cc1)C(=O)COc1ccc(C(C)(C)C)cc1. The Morgan fingerprint density at radius 2 is 1.62 bits per heavy atom. The minimum atomic E-state index is -0.640. The molecule has 0 aliphatic carbocycles. The Bertz CT molecular complexity index is 889. The first-order chi connectivity index (χ1) is 15.0. The molecule has 0 unspecified atom stereocenters. The molecule has 174 valence electrons. The number of hydrogen-bond acceptors (Lipinski definition) is 3. The van der Waals surface area contributed by atoms with E-state index in [4.69, 9.17) is 16.3 Å².